The first-order chi connectivity index (χ1) is 9.91. The summed E-state index contributed by atoms with van der Waals surface area (Å²) in [6.45, 7) is 0.210. The van der Waals surface area contributed by atoms with Crippen molar-refractivity contribution in [3.8, 4) is 11.5 Å². The van der Waals surface area contributed by atoms with Gasteiger partial charge in [0.05, 0.1) is 12.7 Å². The number of benzene rings is 1. The van der Waals surface area contributed by atoms with E-state index in [1.165, 1.54) is 13.2 Å². The topological polar surface area (TPSA) is 54.4 Å². The van der Waals surface area contributed by atoms with Crippen molar-refractivity contribution >= 4 is 5.82 Å². The Bertz CT molecular complexity index is 613. The van der Waals surface area contributed by atoms with Gasteiger partial charge in [-0.2, -0.15) is 13.2 Å². The molecule has 0 aliphatic rings. The third-order valence-electron chi connectivity index (χ3n) is 2.85. The van der Waals surface area contributed by atoms with Gasteiger partial charge in [-0.1, -0.05) is 12.1 Å². The summed E-state index contributed by atoms with van der Waals surface area (Å²) in [5, 5.41) is 12.7. The number of para-hydroxylation sites is 1. The number of ether oxygens (including phenoxy) is 1. The van der Waals surface area contributed by atoms with Gasteiger partial charge in [0, 0.05) is 18.3 Å². The summed E-state index contributed by atoms with van der Waals surface area (Å²) in [6, 6.07) is 7.17. The zero-order chi connectivity index (χ0) is 15.5. The Morgan fingerprint density at radius 2 is 2.00 bits per heavy atom. The number of pyridine rings is 1. The lowest BCUT2D eigenvalue weighted by atomic mass is 10.2. The van der Waals surface area contributed by atoms with Gasteiger partial charge in [0.1, 0.15) is 5.82 Å². The number of phenols is 1. The largest absolute Gasteiger partial charge is 0.504 e. The Kier molecular flexibility index (Phi) is 4.21. The second-order valence-corrected chi connectivity index (χ2v) is 4.25. The molecule has 7 heteroatoms. The maximum absolute atomic E-state index is 12.4. The van der Waals surface area contributed by atoms with Crippen LogP contribution in [-0.4, -0.2) is 17.2 Å². The van der Waals surface area contributed by atoms with E-state index in [4.69, 9.17) is 4.74 Å². The van der Waals surface area contributed by atoms with E-state index in [0.717, 1.165) is 12.3 Å². The number of nitrogens with one attached hydrogen (secondary N) is 1. The average Bonchev–Trinajstić information content (AvgIpc) is 2.46. The molecule has 2 N–H and O–H groups in total. The molecule has 0 spiro atoms. The van der Waals surface area contributed by atoms with Gasteiger partial charge < -0.3 is 15.2 Å². The lowest BCUT2D eigenvalue weighted by Gasteiger charge is -2.11. The van der Waals surface area contributed by atoms with Gasteiger partial charge in [-0.05, 0) is 18.2 Å². The Hall–Kier alpha value is -2.44. The highest BCUT2D eigenvalue weighted by Gasteiger charge is 2.30. The number of nitrogens with zero attached hydrogens (tertiary/aromatic N) is 1. The fourth-order valence-corrected chi connectivity index (χ4v) is 1.73. The van der Waals surface area contributed by atoms with Crippen molar-refractivity contribution in [3.05, 3.63) is 47.7 Å². The van der Waals surface area contributed by atoms with Crippen LogP contribution in [0.1, 0.15) is 11.1 Å². The second-order valence-electron chi connectivity index (χ2n) is 4.25. The normalized spacial score (nSPS) is 11.2. The van der Waals surface area contributed by atoms with Crippen molar-refractivity contribution in [2.24, 2.45) is 0 Å². The van der Waals surface area contributed by atoms with E-state index >= 15 is 0 Å². The minimum Gasteiger partial charge on any atom is -0.504 e. The SMILES string of the molecule is COc1cccc(CNc2ccc(C(F)(F)F)cn2)c1O. The van der Waals surface area contributed by atoms with E-state index in [0.29, 0.717) is 11.3 Å². The molecule has 0 saturated carbocycles. The molecular weight excluding hydrogens is 285 g/mol. The summed E-state index contributed by atoms with van der Waals surface area (Å²) in [5.41, 5.74) is -0.256. The molecule has 0 saturated heterocycles. The molecule has 0 fully saturated rings. The molecule has 21 heavy (non-hydrogen) atoms. The molecule has 0 aliphatic heterocycles. The second kappa shape index (κ2) is 5.90. The van der Waals surface area contributed by atoms with Crippen LogP contribution in [-0.2, 0) is 12.7 Å². The van der Waals surface area contributed by atoms with Gasteiger partial charge in [-0.25, -0.2) is 4.98 Å². The number of phenolic OH excluding ortho intramolecular Hbond substituents is 1. The minimum absolute atomic E-state index is 0.0144. The fourth-order valence-electron chi connectivity index (χ4n) is 1.73. The summed E-state index contributed by atoms with van der Waals surface area (Å²) in [4.78, 5) is 3.69. The van der Waals surface area contributed by atoms with E-state index in [-0.39, 0.29) is 18.1 Å². The highest BCUT2D eigenvalue weighted by Crippen LogP contribution is 2.30. The van der Waals surface area contributed by atoms with Gasteiger partial charge in [0.2, 0.25) is 0 Å². The third kappa shape index (κ3) is 3.56. The van der Waals surface area contributed by atoms with Gasteiger partial charge >= 0.3 is 6.18 Å². The zero-order valence-electron chi connectivity index (χ0n) is 11.1. The van der Waals surface area contributed by atoms with Crippen LogP contribution in [0.3, 0.4) is 0 Å². The lowest BCUT2D eigenvalue weighted by Crippen LogP contribution is -2.07. The van der Waals surface area contributed by atoms with E-state index in [2.05, 4.69) is 10.3 Å². The zero-order valence-corrected chi connectivity index (χ0v) is 11.1. The molecule has 0 aliphatic carbocycles. The first kappa shape index (κ1) is 15.0. The predicted octanol–water partition coefficient (Wildman–Crippen LogP) is 3.43. The van der Waals surface area contributed by atoms with Crippen molar-refractivity contribution in [2.75, 3.05) is 12.4 Å². The van der Waals surface area contributed by atoms with Crippen LogP contribution >= 0.6 is 0 Å². The summed E-state index contributed by atoms with van der Waals surface area (Å²) < 4.78 is 42.2. The van der Waals surface area contributed by atoms with Crippen LogP contribution in [0.4, 0.5) is 19.0 Å². The van der Waals surface area contributed by atoms with Crippen LogP contribution in [0, 0.1) is 0 Å². The Morgan fingerprint density at radius 3 is 2.57 bits per heavy atom. The van der Waals surface area contributed by atoms with Crippen molar-refractivity contribution < 1.29 is 23.0 Å². The molecule has 0 unspecified atom stereocenters. The van der Waals surface area contributed by atoms with Crippen LogP contribution in [0.5, 0.6) is 11.5 Å². The van der Waals surface area contributed by atoms with Crippen molar-refractivity contribution in [1.29, 1.82) is 0 Å². The van der Waals surface area contributed by atoms with Gasteiger partial charge in [-0.3, -0.25) is 0 Å². The molecule has 2 rings (SSSR count). The monoisotopic (exact) mass is 298 g/mol. The smallest absolute Gasteiger partial charge is 0.417 e. The minimum atomic E-state index is -4.41. The first-order valence-electron chi connectivity index (χ1n) is 6.04. The predicted molar refractivity (Wildman–Crippen MR) is 71.2 cm³/mol. The molecular formula is C14H13F3N2O2. The number of alkyl halides is 3. The molecule has 0 amide bonds. The van der Waals surface area contributed by atoms with E-state index in [1.807, 2.05) is 0 Å². The average molecular weight is 298 g/mol. The highest BCUT2D eigenvalue weighted by molar-refractivity contribution is 5.47. The first-order valence-corrected chi connectivity index (χ1v) is 6.04. The highest BCUT2D eigenvalue weighted by atomic mass is 19.4. The van der Waals surface area contributed by atoms with E-state index in [1.54, 1.807) is 18.2 Å². The number of methoxy groups -OCH3 is 1. The van der Waals surface area contributed by atoms with Crippen LogP contribution in [0.25, 0.3) is 0 Å². The number of rotatable bonds is 4. The molecule has 1 aromatic heterocycles. The van der Waals surface area contributed by atoms with Crippen LogP contribution in [0.2, 0.25) is 0 Å². The van der Waals surface area contributed by atoms with Crippen LogP contribution in [0.15, 0.2) is 36.5 Å². The van der Waals surface area contributed by atoms with Crippen molar-refractivity contribution in [1.82, 2.24) is 4.98 Å². The van der Waals surface area contributed by atoms with Gasteiger partial charge in [0.15, 0.2) is 11.5 Å². The maximum atomic E-state index is 12.4. The molecule has 112 valence electrons. The van der Waals surface area contributed by atoms with Gasteiger partial charge in [-0.15, -0.1) is 0 Å². The van der Waals surface area contributed by atoms with E-state index < -0.39 is 11.7 Å². The summed E-state index contributed by atoms with van der Waals surface area (Å²) in [6.07, 6.45) is -3.65. The number of aromatic nitrogens is 1. The number of aromatic hydroxyl groups is 1. The van der Waals surface area contributed by atoms with Crippen LogP contribution < -0.4 is 10.1 Å². The molecule has 1 aromatic carbocycles. The number of anilines is 1. The quantitative estimate of drug-likeness (QED) is 0.908. The van der Waals surface area contributed by atoms with Crippen molar-refractivity contribution in [2.45, 2.75) is 12.7 Å². The number of hydrogen-bond donors (Lipinski definition) is 2. The van der Waals surface area contributed by atoms with Crippen molar-refractivity contribution in [3.63, 3.8) is 0 Å². The summed E-state index contributed by atoms with van der Waals surface area (Å²) in [7, 11) is 1.43. The molecule has 2 aromatic rings. The fraction of sp³-hybridized carbons (Fsp3) is 0.214. The number of halogens is 3. The standard InChI is InChI=1S/C14H13F3N2O2/c1-21-11-4-2-3-9(13(11)20)7-18-12-6-5-10(8-19-12)14(15,16)17/h2-6,8,20H,7H2,1H3,(H,18,19). The molecule has 0 radical (unpaired) electrons. The molecule has 4 nitrogen and oxygen atoms in total. The summed E-state index contributed by atoms with van der Waals surface area (Å²) >= 11 is 0. The van der Waals surface area contributed by atoms with Gasteiger partial charge in [0.25, 0.3) is 0 Å². The lowest BCUT2D eigenvalue weighted by molar-refractivity contribution is -0.137. The summed E-state index contributed by atoms with van der Waals surface area (Å²) in [5.74, 6) is 0.597. The maximum Gasteiger partial charge on any atom is 0.417 e. The Labute approximate surface area is 119 Å². The Balaban J connectivity index is 2.07. The molecule has 0 atom stereocenters. The molecule has 1 heterocycles. The Morgan fingerprint density at radius 1 is 1.24 bits per heavy atom. The molecule has 0 bridgehead atoms. The number of hydrogen-bond acceptors (Lipinski definition) is 4. The van der Waals surface area contributed by atoms with E-state index in [9.17, 15) is 18.3 Å². The third-order valence-corrected chi connectivity index (χ3v) is 2.85.